The highest BCUT2D eigenvalue weighted by atomic mass is 35.5. The molecule has 0 bridgehead atoms. The van der Waals surface area contributed by atoms with Crippen molar-refractivity contribution in [2.45, 2.75) is 31.4 Å². The fourth-order valence-corrected chi connectivity index (χ4v) is 5.49. The van der Waals surface area contributed by atoms with Crippen molar-refractivity contribution < 1.29 is 13.2 Å². The smallest absolute Gasteiger partial charge is 0.252 e. The van der Waals surface area contributed by atoms with Gasteiger partial charge in [-0.05, 0) is 30.5 Å². The standard InChI is InChI=1S/C17H28ClN3O3S2/c1-17(2,3)7-8-20-9-11-21(12-10-20)15(22)13-19(4)26(23,24)16-6-5-14(18)25-16/h5-6H,7-13H2,1-4H3. The molecule has 1 aliphatic rings. The van der Waals surface area contributed by atoms with Gasteiger partial charge in [0.25, 0.3) is 10.0 Å². The number of carbonyl (C=O) groups is 1. The van der Waals surface area contributed by atoms with Crippen molar-refractivity contribution in [3.05, 3.63) is 16.5 Å². The molecule has 0 aliphatic carbocycles. The van der Waals surface area contributed by atoms with Crippen LogP contribution in [0.15, 0.2) is 16.3 Å². The highest BCUT2D eigenvalue weighted by Crippen LogP contribution is 2.27. The van der Waals surface area contributed by atoms with Gasteiger partial charge in [0.1, 0.15) is 4.21 Å². The molecule has 26 heavy (non-hydrogen) atoms. The molecule has 0 N–H and O–H groups in total. The molecule has 1 fully saturated rings. The first-order valence-electron chi connectivity index (χ1n) is 8.71. The maximum atomic E-state index is 12.5. The van der Waals surface area contributed by atoms with Crippen molar-refractivity contribution in [1.82, 2.24) is 14.1 Å². The van der Waals surface area contributed by atoms with Crippen LogP contribution in [-0.2, 0) is 14.8 Å². The lowest BCUT2D eigenvalue weighted by Crippen LogP contribution is -2.51. The van der Waals surface area contributed by atoms with Crippen molar-refractivity contribution >= 4 is 38.9 Å². The molecule has 0 aromatic carbocycles. The third-order valence-electron chi connectivity index (χ3n) is 4.47. The molecule has 1 aromatic heterocycles. The molecule has 0 saturated carbocycles. The lowest BCUT2D eigenvalue weighted by molar-refractivity contribution is -0.133. The predicted molar refractivity (Wildman–Crippen MR) is 106 cm³/mol. The first-order chi connectivity index (χ1) is 12.0. The number of likely N-dealkylation sites (N-methyl/N-ethyl adjacent to an activating group) is 1. The highest BCUT2D eigenvalue weighted by Gasteiger charge is 2.28. The summed E-state index contributed by atoms with van der Waals surface area (Å²) in [5, 5.41) is 0. The average molecular weight is 422 g/mol. The van der Waals surface area contributed by atoms with E-state index in [0.29, 0.717) is 22.8 Å². The topological polar surface area (TPSA) is 60.9 Å². The monoisotopic (exact) mass is 421 g/mol. The molecule has 0 spiro atoms. The van der Waals surface area contributed by atoms with Gasteiger partial charge in [0.15, 0.2) is 0 Å². The number of thiophene rings is 1. The Balaban J connectivity index is 1.85. The Bertz CT molecular complexity index is 720. The second-order valence-electron chi connectivity index (χ2n) is 7.85. The SMILES string of the molecule is CN(CC(=O)N1CCN(CCC(C)(C)C)CC1)S(=O)(=O)c1ccc(Cl)s1. The summed E-state index contributed by atoms with van der Waals surface area (Å²) in [4.78, 5) is 16.6. The summed E-state index contributed by atoms with van der Waals surface area (Å²) in [6.07, 6.45) is 1.12. The van der Waals surface area contributed by atoms with Gasteiger partial charge in [-0.2, -0.15) is 4.31 Å². The van der Waals surface area contributed by atoms with Gasteiger partial charge in [0, 0.05) is 33.2 Å². The minimum atomic E-state index is -3.68. The van der Waals surface area contributed by atoms with Crippen LogP contribution in [0, 0.1) is 5.41 Å². The van der Waals surface area contributed by atoms with Gasteiger partial charge in [-0.15, -0.1) is 11.3 Å². The van der Waals surface area contributed by atoms with Crippen LogP contribution in [0.25, 0.3) is 0 Å². The van der Waals surface area contributed by atoms with E-state index in [4.69, 9.17) is 11.6 Å². The van der Waals surface area contributed by atoms with Crippen LogP contribution in [0.1, 0.15) is 27.2 Å². The minimum absolute atomic E-state index is 0.153. The van der Waals surface area contributed by atoms with E-state index in [0.717, 1.165) is 41.7 Å². The van der Waals surface area contributed by atoms with Gasteiger partial charge >= 0.3 is 0 Å². The van der Waals surface area contributed by atoms with Gasteiger partial charge < -0.3 is 4.90 Å². The maximum Gasteiger partial charge on any atom is 0.252 e. The predicted octanol–water partition coefficient (Wildman–Crippen LogP) is 2.60. The number of rotatable bonds is 6. The van der Waals surface area contributed by atoms with E-state index in [9.17, 15) is 13.2 Å². The Kier molecular flexibility index (Phi) is 7.12. The summed E-state index contributed by atoms with van der Waals surface area (Å²) in [6, 6.07) is 3.02. The van der Waals surface area contributed by atoms with Gasteiger partial charge in [0.05, 0.1) is 10.9 Å². The Morgan fingerprint density at radius 3 is 2.35 bits per heavy atom. The van der Waals surface area contributed by atoms with Crippen LogP contribution in [0.3, 0.4) is 0 Å². The van der Waals surface area contributed by atoms with Crippen molar-refractivity contribution in [2.24, 2.45) is 5.41 Å². The van der Waals surface area contributed by atoms with E-state index < -0.39 is 10.0 Å². The molecule has 1 saturated heterocycles. The zero-order valence-corrected chi connectivity index (χ0v) is 18.3. The average Bonchev–Trinajstić information content (AvgIpc) is 3.00. The fourth-order valence-electron chi connectivity index (χ4n) is 2.68. The van der Waals surface area contributed by atoms with E-state index in [1.807, 2.05) is 0 Å². The van der Waals surface area contributed by atoms with Crippen LogP contribution in [0.4, 0.5) is 0 Å². The van der Waals surface area contributed by atoms with Crippen LogP contribution in [0.2, 0.25) is 4.34 Å². The van der Waals surface area contributed by atoms with Crippen molar-refractivity contribution in [2.75, 3.05) is 46.3 Å². The molecule has 9 heteroatoms. The van der Waals surface area contributed by atoms with Gasteiger partial charge in [-0.25, -0.2) is 8.42 Å². The molecule has 1 aliphatic heterocycles. The molecule has 2 rings (SSSR count). The molecule has 6 nitrogen and oxygen atoms in total. The van der Waals surface area contributed by atoms with Crippen LogP contribution >= 0.6 is 22.9 Å². The Hall–Kier alpha value is -0.670. The van der Waals surface area contributed by atoms with Crippen molar-refractivity contribution in [1.29, 1.82) is 0 Å². The van der Waals surface area contributed by atoms with Gasteiger partial charge in [-0.1, -0.05) is 32.4 Å². The second-order valence-corrected chi connectivity index (χ2v) is 11.8. The van der Waals surface area contributed by atoms with Crippen LogP contribution in [-0.4, -0.2) is 74.7 Å². The quantitative estimate of drug-likeness (QED) is 0.708. The van der Waals surface area contributed by atoms with E-state index in [-0.39, 0.29) is 16.7 Å². The van der Waals surface area contributed by atoms with Crippen molar-refractivity contribution in [3.63, 3.8) is 0 Å². The number of piperazine rings is 1. The molecular weight excluding hydrogens is 394 g/mol. The van der Waals surface area contributed by atoms with E-state index >= 15 is 0 Å². The third kappa shape index (κ3) is 5.92. The summed E-state index contributed by atoms with van der Waals surface area (Å²) in [5.41, 5.74) is 0.300. The number of amides is 1. The minimum Gasteiger partial charge on any atom is -0.339 e. The lowest BCUT2D eigenvalue weighted by Gasteiger charge is -2.36. The number of halogens is 1. The van der Waals surface area contributed by atoms with Crippen LogP contribution < -0.4 is 0 Å². The number of carbonyl (C=O) groups excluding carboxylic acids is 1. The molecule has 2 heterocycles. The van der Waals surface area contributed by atoms with Gasteiger partial charge in [-0.3, -0.25) is 9.69 Å². The van der Waals surface area contributed by atoms with Crippen molar-refractivity contribution in [3.8, 4) is 0 Å². The van der Waals surface area contributed by atoms with Gasteiger partial charge in [0.2, 0.25) is 5.91 Å². The molecular formula is C17H28ClN3O3S2. The summed E-state index contributed by atoms with van der Waals surface area (Å²) < 4.78 is 26.7. The Labute approximate surface area is 165 Å². The summed E-state index contributed by atoms with van der Waals surface area (Å²) >= 11 is 6.82. The Morgan fingerprint density at radius 2 is 1.85 bits per heavy atom. The second kappa shape index (κ2) is 8.56. The van der Waals surface area contributed by atoms with E-state index in [1.165, 1.54) is 13.1 Å². The normalized spacial score (nSPS) is 17.1. The summed E-state index contributed by atoms with van der Waals surface area (Å²) in [5.74, 6) is -0.158. The maximum absolute atomic E-state index is 12.5. The third-order valence-corrected chi connectivity index (χ3v) is 7.98. The molecule has 0 radical (unpaired) electrons. The fraction of sp³-hybridized carbons (Fsp3) is 0.706. The number of sulfonamides is 1. The number of hydrogen-bond donors (Lipinski definition) is 0. The summed E-state index contributed by atoms with van der Waals surface area (Å²) in [6.45, 7) is 10.5. The molecule has 1 aromatic rings. The number of hydrogen-bond acceptors (Lipinski definition) is 5. The lowest BCUT2D eigenvalue weighted by atomic mass is 9.92. The van der Waals surface area contributed by atoms with Crippen LogP contribution in [0.5, 0.6) is 0 Å². The Morgan fingerprint density at radius 1 is 1.23 bits per heavy atom. The molecule has 148 valence electrons. The first-order valence-corrected chi connectivity index (χ1v) is 11.3. The zero-order valence-electron chi connectivity index (χ0n) is 15.9. The number of nitrogens with zero attached hydrogens (tertiary/aromatic N) is 3. The largest absolute Gasteiger partial charge is 0.339 e. The van der Waals surface area contributed by atoms with E-state index in [2.05, 4.69) is 25.7 Å². The van der Waals surface area contributed by atoms with E-state index in [1.54, 1.807) is 11.0 Å². The highest BCUT2D eigenvalue weighted by molar-refractivity contribution is 7.91. The summed E-state index contributed by atoms with van der Waals surface area (Å²) in [7, 11) is -2.25. The molecule has 0 unspecified atom stereocenters. The first kappa shape index (κ1) is 21.6. The molecule has 0 atom stereocenters. The molecule has 1 amide bonds. The zero-order chi connectivity index (χ0) is 19.5.